The highest BCUT2D eigenvalue weighted by Crippen LogP contribution is 2.38. The van der Waals surface area contributed by atoms with Gasteiger partial charge in [-0.15, -0.1) is 11.8 Å². The Labute approximate surface area is 141 Å². The zero-order chi connectivity index (χ0) is 16.4. The maximum atomic E-state index is 12.1. The van der Waals surface area contributed by atoms with E-state index in [0.29, 0.717) is 10.7 Å². The van der Waals surface area contributed by atoms with Gasteiger partial charge in [0.15, 0.2) is 11.6 Å². The van der Waals surface area contributed by atoms with Crippen LogP contribution in [-0.4, -0.2) is 27.2 Å². The van der Waals surface area contributed by atoms with Crippen LogP contribution in [0.3, 0.4) is 0 Å². The minimum atomic E-state index is -0.561. The van der Waals surface area contributed by atoms with Crippen LogP contribution in [-0.2, 0) is 9.59 Å². The van der Waals surface area contributed by atoms with Gasteiger partial charge in [-0.05, 0) is 30.3 Å². The summed E-state index contributed by atoms with van der Waals surface area (Å²) in [7, 11) is 0. The van der Waals surface area contributed by atoms with Crippen molar-refractivity contribution in [3.05, 3.63) is 41.6 Å². The van der Waals surface area contributed by atoms with Gasteiger partial charge in [0.1, 0.15) is 0 Å². The third kappa shape index (κ3) is 3.57. The molecule has 0 unspecified atom stereocenters. The second-order valence-electron chi connectivity index (χ2n) is 4.86. The van der Waals surface area contributed by atoms with E-state index in [-0.39, 0.29) is 23.9 Å². The number of hydrogen-bond acceptors (Lipinski definition) is 5. The highest BCUT2D eigenvalue weighted by Gasteiger charge is 2.29. The van der Waals surface area contributed by atoms with Crippen molar-refractivity contribution in [2.45, 2.75) is 16.6 Å². The topological polar surface area (TPSA) is 91.3 Å². The Morgan fingerprint density at radius 3 is 3.04 bits per heavy atom. The van der Waals surface area contributed by atoms with Crippen LogP contribution in [0.15, 0.2) is 41.4 Å². The predicted octanol–water partition coefficient (Wildman–Crippen LogP) is 2.88. The third-order valence-electron chi connectivity index (χ3n) is 3.18. The summed E-state index contributed by atoms with van der Waals surface area (Å²) in [5, 5.41) is 14.8. The summed E-state index contributed by atoms with van der Waals surface area (Å²) in [6.45, 7) is 0. The van der Waals surface area contributed by atoms with Gasteiger partial charge in [-0.2, -0.15) is 0 Å². The van der Waals surface area contributed by atoms with E-state index in [0.717, 1.165) is 4.90 Å². The van der Waals surface area contributed by atoms with Gasteiger partial charge in [0.2, 0.25) is 11.8 Å². The van der Waals surface area contributed by atoms with Gasteiger partial charge in [0, 0.05) is 22.5 Å². The van der Waals surface area contributed by atoms with Crippen LogP contribution in [0.2, 0.25) is 5.02 Å². The molecule has 2 amide bonds. The van der Waals surface area contributed by atoms with Crippen molar-refractivity contribution in [1.82, 2.24) is 4.98 Å². The van der Waals surface area contributed by atoms with Crippen LogP contribution in [0, 0.1) is 0 Å². The van der Waals surface area contributed by atoms with E-state index in [1.165, 1.54) is 24.0 Å². The van der Waals surface area contributed by atoms with Crippen molar-refractivity contribution in [2.24, 2.45) is 0 Å². The molecule has 2 aromatic rings. The molecule has 6 nitrogen and oxygen atoms in total. The van der Waals surface area contributed by atoms with Crippen molar-refractivity contribution in [3.63, 3.8) is 0 Å². The molecule has 8 heteroatoms. The monoisotopic (exact) mass is 349 g/mol. The molecule has 1 aliphatic heterocycles. The third-order valence-corrected chi connectivity index (χ3v) is 4.69. The van der Waals surface area contributed by atoms with Gasteiger partial charge in [0.05, 0.1) is 10.9 Å². The van der Waals surface area contributed by atoms with E-state index >= 15 is 0 Å². The predicted molar refractivity (Wildman–Crippen MR) is 88.9 cm³/mol. The van der Waals surface area contributed by atoms with Crippen LogP contribution in [0.25, 0.3) is 0 Å². The Balaban J connectivity index is 1.68. The van der Waals surface area contributed by atoms with Crippen molar-refractivity contribution in [2.75, 3.05) is 10.6 Å². The maximum Gasteiger partial charge on any atom is 0.238 e. The largest absolute Gasteiger partial charge is 0.504 e. The number of anilines is 2. The smallest absolute Gasteiger partial charge is 0.238 e. The molecular weight excluding hydrogens is 338 g/mol. The molecule has 0 saturated carbocycles. The lowest BCUT2D eigenvalue weighted by atomic mass is 10.2. The Kier molecular flexibility index (Phi) is 4.40. The van der Waals surface area contributed by atoms with E-state index in [4.69, 9.17) is 11.6 Å². The molecule has 0 saturated heterocycles. The summed E-state index contributed by atoms with van der Waals surface area (Å²) in [6, 6.07) is 8.18. The minimum absolute atomic E-state index is 0.0332. The average Bonchev–Trinajstić information content (AvgIpc) is 2.50. The first-order chi connectivity index (χ1) is 11.0. The minimum Gasteiger partial charge on any atom is -0.504 e. The number of pyridine rings is 1. The molecule has 0 aliphatic carbocycles. The Bertz CT molecular complexity index is 784. The highest BCUT2D eigenvalue weighted by molar-refractivity contribution is 8.01. The van der Waals surface area contributed by atoms with Crippen LogP contribution in [0.1, 0.15) is 6.42 Å². The molecule has 0 radical (unpaired) electrons. The lowest BCUT2D eigenvalue weighted by molar-refractivity contribution is -0.120. The number of nitrogens with zero attached hydrogens (tertiary/aromatic N) is 1. The van der Waals surface area contributed by atoms with Gasteiger partial charge >= 0.3 is 0 Å². The molecule has 1 aromatic carbocycles. The number of carbonyl (C=O) groups is 2. The van der Waals surface area contributed by atoms with Crippen molar-refractivity contribution < 1.29 is 14.7 Å². The molecule has 3 rings (SSSR count). The molecule has 3 N–H and O–H groups in total. The van der Waals surface area contributed by atoms with Crippen LogP contribution < -0.4 is 10.6 Å². The van der Waals surface area contributed by atoms with Gasteiger partial charge in [-0.25, -0.2) is 4.98 Å². The molecule has 1 aromatic heterocycles. The number of nitrogens with one attached hydrogen (secondary N) is 2. The van der Waals surface area contributed by atoms with Crippen LogP contribution >= 0.6 is 23.4 Å². The number of carbonyl (C=O) groups excluding carboxylic acids is 2. The Morgan fingerprint density at radius 1 is 1.43 bits per heavy atom. The van der Waals surface area contributed by atoms with Crippen molar-refractivity contribution in [3.8, 4) is 5.75 Å². The number of benzene rings is 1. The summed E-state index contributed by atoms with van der Waals surface area (Å²) >= 11 is 7.20. The summed E-state index contributed by atoms with van der Waals surface area (Å²) in [4.78, 5) is 28.9. The fourth-order valence-electron chi connectivity index (χ4n) is 2.10. The Hall–Kier alpha value is -2.25. The van der Waals surface area contributed by atoms with Crippen molar-refractivity contribution >= 4 is 46.7 Å². The zero-order valence-electron chi connectivity index (χ0n) is 11.7. The van der Waals surface area contributed by atoms with E-state index in [1.807, 2.05) is 0 Å². The molecule has 0 fully saturated rings. The summed E-state index contributed by atoms with van der Waals surface area (Å²) in [5.74, 6) is -0.707. The van der Waals surface area contributed by atoms with Crippen LogP contribution in [0.5, 0.6) is 5.75 Å². The van der Waals surface area contributed by atoms with Gasteiger partial charge in [0.25, 0.3) is 0 Å². The van der Waals surface area contributed by atoms with Crippen LogP contribution in [0.4, 0.5) is 11.5 Å². The molecule has 118 valence electrons. The number of aromatic nitrogens is 1. The number of amides is 2. The number of fused-ring (bicyclic) bond motifs is 1. The van der Waals surface area contributed by atoms with E-state index in [9.17, 15) is 14.7 Å². The number of thioether (sulfide) groups is 1. The number of halogens is 1. The molecular formula is C15H12ClN3O3S. The fourth-order valence-corrected chi connectivity index (χ4v) is 3.36. The average molecular weight is 350 g/mol. The number of rotatable bonds is 3. The number of hydrogen-bond donors (Lipinski definition) is 3. The van der Waals surface area contributed by atoms with Gasteiger partial charge in [-0.3, -0.25) is 9.59 Å². The zero-order valence-corrected chi connectivity index (χ0v) is 13.3. The normalized spacial score (nSPS) is 16.4. The summed E-state index contributed by atoms with van der Waals surface area (Å²) < 4.78 is 0. The van der Waals surface area contributed by atoms with E-state index < -0.39 is 11.2 Å². The molecule has 0 spiro atoms. The molecule has 0 bridgehead atoms. The molecule has 23 heavy (non-hydrogen) atoms. The SMILES string of the molecule is O=C(C[C@@H]1Sc2ccc(Cl)cc2NC1=O)Nc1ncccc1O. The first kappa shape index (κ1) is 15.6. The first-order valence-corrected chi connectivity index (χ1v) is 7.99. The second-order valence-corrected chi connectivity index (χ2v) is 6.54. The standard InChI is InChI=1S/C15H12ClN3O3S/c16-8-3-4-11-9(6-8)18-15(22)12(23-11)7-13(21)19-14-10(20)2-1-5-17-14/h1-6,12,20H,7H2,(H,18,22)(H,17,19,21)/t12-/m0/s1. The van der Waals surface area contributed by atoms with Gasteiger partial charge < -0.3 is 15.7 Å². The summed E-state index contributed by atoms with van der Waals surface area (Å²) in [5.41, 5.74) is 0.645. The summed E-state index contributed by atoms with van der Waals surface area (Å²) in [6.07, 6.45) is 1.42. The lowest BCUT2D eigenvalue weighted by Gasteiger charge is -2.23. The van der Waals surface area contributed by atoms with E-state index in [1.54, 1.807) is 24.3 Å². The quantitative estimate of drug-likeness (QED) is 0.792. The number of aromatic hydroxyl groups is 1. The van der Waals surface area contributed by atoms with Crippen molar-refractivity contribution in [1.29, 1.82) is 0 Å². The van der Waals surface area contributed by atoms with Gasteiger partial charge in [-0.1, -0.05) is 11.6 Å². The maximum absolute atomic E-state index is 12.1. The first-order valence-electron chi connectivity index (χ1n) is 6.74. The molecule has 1 atom stereocenters. The highest BCUT2D eigenvalue weighted by atomic mass is 35.5. The fraction of sp³-hybridized carbons (Fsp3) is 0.133. The Morgan fingerprint density at radius 2 is 2.26 bits per heavy atom. The molecule has 1 aliphatic rings. The van der Waals surface area contributed by atoms with E-state index in [2.05, 4.69) is 15.6 Å². The second kappa shape index (κ2) is 6.47. The molecule has 2 heterocycles. The lowest BCUT2D eigenvalue weighted by Crippen LogP contribution is -2.32.